The molecule has 3 aliphatic heterocycles. The highest BCUT2D eigenvalue weighted by molar-refractivity contribution is 5.90. The molecule has 10 atom stereocenters. The molecule has 3 aromatic carbocycles. The predicted molar refractivity (Wildman–Crippen MR) is 230 cm³/mol. The first-order chi connectivity index (χ1) is 29.8. The van der Waals surface area contributed by atoms with Crippen molar-refractivity contribution in [3.05, 3.63) is 98.6 Å². The highest BCUT2D eigenvalue weighted by atomic mass is 16.6. The maximum Gasteiger partial charge on any atom is 0.334 e. The highest BCUT2D eigenvalue weighted by Crippen LogP contribution is 2.55. The Morgan fingerprint density at radius 1 is 0.887 bits per heavy atom. The molecule has 9 rings (SSSR count). The highest BCUT2D eigenvalue weighted by Gasteiger charge is 2.59. The van der Waals surface area contributed by atoms with Crippen molar-refractivity contribution in [2.24, 2.45) is 23.7 Å². The van der Waals surface area contributed by atoms with Gasteiger partial charge in [0, 0.05) is 60.5 Å². The molecule has 0 unspecified atom stereocenters. The third kappa shape index (κ3) is 7.85. The number of hydrogen-bond donors (Lipinski definition) is 6. The van der Waals surface area contributed by atoms with Gasteiger partial charge in [0.25, 0.3) is 0 Å². The Morgan fingerprint density at radius 3 is 2.50 bits per heavy atom. The standard InChI is InChI=1S/C51H57NO10/c1-3-36-9-11-38-41-17-28-4-5-30-8-10-39(46(57)21-34(30)14-28)42-19-31(33-15-29(26-53)16-37(18-33)52-25-27(2)54)6-7-32-23-49(58)61-47-24-45(56)35(20-40(32)47)22-48(62-50(42)59)51(36,60)43(38)12-13-44(41)55/h4-5,14-16,18,20,24,27,31-32,36,38,41,43,46,48,52-54,56-57,60H,3,8-13,17,19,21-23,25-26H2,1-2H3/b42-39-/t27-,31-,32-,36+,38+,41+,43-,46+,48+,51-/m0/s1. The van der Waals surface area contributed by atoms with Gasteiger partial charge in [0.05, 0.1) is 31.2 Å². The molecule has 0 spiro atoms. The van der Waals surface area contributed by atoms with Crippen LogP contribution >= 0.6 is 0 Å². The quantitative estimate of drug-likeness (QED) is 0.0991. The average molecular weight is 844 g/mol. The molecule has 326 valence electrons. The minimum atomic E-state index is -1.59. The van der Waals surface area contributed by atoms with Crippen LogP contribution in [0.5, 0.6) is 11.5 Å². The second-order valence-corrected chi connectivity index (χ2v) is 18.7. The molecule has 3 aromatic rings. The van der Waals surface area contributed by atoms with Crippen LogP contribution in [0.4, 0.5) is 5.69 Å². The summed E-state index contributed by atoms with van der Waals surface area (Å²) in [4.78, 5) is 42.6. The second-order valence-electron chi connectivity index (χ2n) is 18.7. The van der Waals surface area contributed by atoms with E-state index in [4.69, 9.17) is 9.47 Å². The van der Waals surface area contributed by atoms with Crippen LogP contribution in [0.25, 0.3) is 0 Å². The fourth-order valence-electron chi connectivity index (χ4n) is 11.8. The second kappa shape index (κ2) is 16.9. The molecule has 6 aliphatic rings. The van der Waals surface area contributed by atoms with Crippen molar-refractivity contribution < 1.29 is 49.4 Å². The molecule has 11 bridgehead atoms. The molecule has 6 N–H and O–H groups in total. The summed E-state index contributed by atoms with van der Waals surface area (Å²) in [7, 11) is 0. The van der Waals surface area contributed by atoms with E-state index in [2.05, 4.69) is 35.4 Å². The minimum Gasteiger partial charge on any atom is -0.508 e. The van der Waals surface area contributed by atoms with Crippen molar-refractivity contribution in [3.8, 4) is 23.3 Å². The molecule has 2 saturated carbocycles. The number of aliphatic hydroxyl groups excluding tert-OH is 3. The van der Waals surface area contributed by atoms with E-state index >= 15 is 4.79 Å². The van der Waals surface area contributed by atoms with Crippen molar-refractivity contribution in [1.29, 1.82) is 0 Å². The first kappa shape index (κ1) is 42.3. The van der Waals surface area contributed by atoms with Gasteiger partial charge in [-0.05, 0) is 127 Å². The van der Waals surface area contributed by atoms with E-state index in [1.165, 1.54) is 6.07 Å². The van der Waals surface area contributed by atoms with Crippen LogP contribution in [-0.2, 0) is 51.4 Å². The summed E-state index contributed by atoms with van der Waals surface area (Å²) in [6, 6.07) is 15.0. The van der Waals surface area contributed by atoms with Gasteiger partial charge in [-0.25, -0.2) is 4.79 Å². The van der Waals surface area contributed by atoms with Gasteiger partial charge < -0.3 is 40.3 Å². The molecule has 3 aliphatic carbocycles. The van der Waals surface area contributed by atoms with Gasteiger partial charge in [-0.3, -0.25) is 9.59 Å². The Labute approximate surface area is 362 Å². The van der Waals surface area contributed by atoms with Gasteiger partial charge in [0.1, 0.15) is 29.0 Å². The van der Waals surface area contributed by atoms with E-state index in [-0.39, 0.29) is 85.4 Å². The van der Waals surface area contributed by atoms with Crippen molar-refractivity contribution in [3.63, 3.8) is 0 Å². The monoisotopic (exact) mass is 843 g/mol. The summed E-state index contributed by atoms with van der Waals surface area (Å²) in [6.45, 7) is 3.66. The summed E-state index contributed by atoms with van der Waals surface area (Å²) in [5.41, 5.74) is 5.11. The number of esters is 2. The number of ether oxygens (including phenoxy) is 2. The van der Waals surface area contributed by atoms with Gasteiger partial charge in [-0.1, -0.05) is 49.5 Å². The zero-order valence-corrected chi connectivity index (χ0v) is 35.5. The summed E-state index contributed by atoms with van der Waals surface area (Å²) < 4.78 is 12.5. The topological polar surface area (TPSA) is 183 Å². The van der Waals surface area contributed by atoms with Crippen LogP contribution in [0.1, 0.15) is 116 Å². The number of nitrogens with one attached hydrogen (secondary N) is 1. The maximum absolute atomic E-state index is 15.5. The number of Topliss-reactive ketones (excluding diaryl/α,β-unsaturated/α-hetero) is 1. The fourth-order valence-corrected chi connectivity index (χ4v) is 11.8. The normalized spacial score (nSPS) is 32.1. The number of hydrogen-bond acceptors (Lipinski definition) is 11. The zero-order chi connectivity index (χ0) is 43.4. The lowest BCUT2D eigenvalue weighted by Gasteiger charge is -2.56. The lowest BCUT2D eigenvalue weighted by Crippen LogP contribution is -2.63. The summed E-state index contributed by atoms with van der Waals surface area (Å²) >= 11 is 0. The number of aliphatic hydroxyl groups is 4. The van der Waals surface area contributed by atoms with Gasteiger partial charge in [-0.2, -0.15) is 0 Å². The number of rotatable bonds is 6. The van der Waals surface area contributed by atoms with Crippen molar-refractivity contribution in [1.82, 2.24) is 0 Å². The van der Waals surface area contributed by atoms with Crippen LogP contribution in [0.2, 0.25) is 0 Å². The van der Waals surface area contributed by atoms with E-state index < -0.39 is 47.7 Å². The molecule has 11 heteroatoms. The molecule has 3 heterocycles. The Morgan fingerprint density at radius 2 is 1.71 bits per heavy atom. The van der Waals surface area contributed by atoms with Crippen molar-refractivity contribution in [2.45, 2.75) is 133 Å². The molecule has 0 radical (unpaired) electrons. The molecule has 62 heavy (non-hydrogen) atoms. The maximum atomic E-state index is 15.5. The van der Waals surface area contributed by atoms with E-state index in [1.807, 2.05) is 19.1 Å². The Balaban J connectivity index is 1.29. The molecular weight excluding hydrogens is 787 g/mol. The van der Waals surface area contributed by atoms with E-state index in [0.717, 1.165) is 23.1 Å². The van der Waals surface area contributed by atoms with Gasteiger partial charge in [-0.15, -0.1) is 0 Å². The van der Waals surface area contributed by atoms with Gasteiger partial charge in [0.15, 0.2) is 0 Å². The fraction of sp³-hybridized carbons (Fsp3) is 0.510. The molecule has 0 saturated heterocycles. The SMILES string of the molecule is CC[C@@H]1CC[C@@H]2[C@H]3Cc4ccc5c(c4)C[C@@H](O)/C(=C4/C[C@@H](c6cc(CO)cc(NC[C@H](C)O)c6)C#C[C@H]6CC(=O)Oc7cc(O)c(cc76)C[C@@H](OC4=O)[C@@]1(O)[C@H]2CCC3=O)CC5. The van der Waals surface area contributed by atoms with Crippen LogP contribution in [0, 0.1) is 35.5 Å². The number of carbonyl (C=O) groups excluding carboxylic acids is 3. The van der Waals surface area contributed by atoms with Gasteiger partial charge >= 0.3 is 11.9 Å². The van der Waals surface area contributed by atoms with E-state index in [9.17, 15) is 35.1 Å². The van der Waals surface area contributed by atoms with Crippen molar-refractivity contribution in [2.75, 3.05) is 11.9 Å². The average Bonchev–Trinajstić information content (AvgIpc) is 3.40. The number of fused-ring (bicyclic) bond motifs is 8. The number of phenols is 1. The third-order valence-electron chi connectivity index (χ3n) is 15.0. The molecular formula is C51H57NO10. The lowest BCUT2D eigenvalue weighted by atomic mass is 9.53. The van der Waals surface area contributed by atoms with E-state index in [1.54, 1.807) is 19.1 Å². The zero-order valence-electron chi connectivity index (χ0n) is 35.5. The van der Waals surface area contributed by atoms with Crippen LogP contribution in [-0.4, -0.2) is 73.7 Å². The number of carbonyl (C=O) groups is 3. The molecule has 0 aromatic heterocycles. The molecule has 0 amide bonds. The van der Waals surface area contributed by atoms with E-state index in [0.29, 0.717) is 78.5 Å². The third-order valence-corrected chi connectivity index (χ3v) is 15.0. The lowest BCUT2D eigenvalue weighted by molar-refractivity contribution is -0.212. The first-order valence-electron chi connectivity index (χ1n) is 22.5. The molecule has 2 fully saturated rings. The van der Waals surface area contributed by atoms with Crippen LogP contribution < -0.4 is 10.1 Å². The summed E-state index contributed by atoms with van der Waals surface area (Å²) in [5, 5.41) is 61.4. The molecule has 11 nitrogen and oxygen atoms in total. The van der Waals surface area contributed by atoms with Crippen LogP contribution in [0.15, 0.2) is 59.7 Å². The van der Waals surface area contributed by atoms with Crippen molar-refractivity contribution >= 4 is 23.4 Å². The Bertz CT molecular complexity index is 2390. The first-order valence-corrected chi connectivity index (χ1v) is 22.5. The number of anilines is 1. The predicted octanol–water partition coefficient (Wildman–Crippen LogP) is 5.88. The number of ketones is 1. The number of aryl methyl sites for hydroxylation is 1. The summed E-state index contributed by atoms with van der Waals surface area (Å²) in [5.74, 6) is 3.25. The minimum absolute atomic E-state index is 0.00237. The number of phenolic OH excluding ortho intramolecular Hbond substituents is 1. The van der Waals surface area contributed by atoms with Crippen LogP contribution in [0.3, 0.4) is 0 Å². The number of benzene rings is 3. The smallest absolute Gasteiger partial charge is 0.334 e. The Hall–Kier alpha value is -4.99. The summed E-state index contributed by atoms with van der Waals surface area (Å²) in [6.07, 6.45) is 1.39. The Kier molecular flexibility index (Phi) is 11.6. The largest absolute Gasteiger partial charge is 0.508 e. The number of aromatic hydroxyl groups is 1. The van der Waals surface area contributed by atoms with Gasteiger partial charge in [0.2, 0.25) is 0 Å².